The Morgan fingerprint density at radius 1 is 1.22 bits per heavy atom. The monoisotopic (exact) mass is 471 g/mol. The van der Waals surface area contributed by atoms with Gasteiger partial charge in [-0.15, -0.1) is 21.5 Å². The van der Waals surface area contributed by atoms with E-state index in [2.05, 4.69) is 29.4 Å². The molecular formula is C23H26ClN5O2S. The lowest BCUT2D eigenvalue weighted by molar-refractivity contribution is -0.121. The number of carbonyl (C=O) groups is 1. The number of aromatic nitrogens is 4. The number of halogens is 1. The van der Waals surface area contributed by atoms with E-state index >= 15 is 0 Å². The lowest BCUT2D eigenvalue weighted by Crippen LogP contribution is -2.23. The van der Waals surface area contributed by atoms with Gasteiger partial charge < -0.3 is 5.32 Å². The molecule has 0 unspecified atom stereocenters. The lowest BCUT2D eigenvalue weighted by Gasteiger charge is -2.11. The molecule has 0 saturated heterocycles. The third-order valence-electron chi connectivity index (χ3n) is 5.45. The van der Waals surface area contributed by atoms with Crippen LogP contribution in [0.3, 0.4) is 0 Å². The van der Waals surface area contributed by atoms with Crippen LogP contribution in [0.4, 0.5) is 0 Å². The van der Waals surface area contributed by atoms with Gasteiger partial charge in [0.05, 0.1) is 5.52 Å². The van der Waals surface area contributed by atoms with Crippen molar-refractivity contribution in [1.82, 2.24) is 24.5 Å². The molecule has 7 nitrogen and oxygen atoms in total. The zero-order chi connectivity index (χ0) is 22.7. The Labute approximate surface area is 195 Å². The average molecular weight is 472 g/mol. The maximum Gasteiger partial charge on any atom is 0.272 e. The van der Waals surface area contributed by atoms with Gasteiger partial charge in [-0.1, -0.05) is 43.6 Å². The van der Waals surface area contributed by atoms with Crippen molar-refractivity contribution in [3.8, 4) is 0 Å². The highest BCUT2D eigenvalue weighted by Crippen LogP contribution is 2.21. The Kier molecular flexibility index (Phi) is 6.91. The fourth-order valence-electron chi connectivity index (χ4n) is 3.66. The van der Waals surface area contributed by atoms with Crippen LogP contribution in [0.1, 0.15) is 44.5 Å². The summed E-state index contributed by atoms with van der Waals surface area (Å²) in [4.78, 5) is 25.3. The Bertz CT molecular complexity index is 1310. The minimum atomic E-state index is -0.0340. The predicted octanol–water partition coefficient (Wildman–Crippen LogP) is 4.44. The minimum Gasteiger partial charge on any atom is -0.352 e. The first-order chi connectivity index (χ1) is 15.5. The van der Waals surface area contributed by atoms with Gasteiger partial charge in [-0.25, -0.2) is 0 Å². The number of aryl methyl sites for hydroxylation is 2. The first-order valence-corrected chi connectivity index (χ1v) is 12.1. The van der Waals surface area contributed by atoms with Crippen LogP contribution >= 0.6 is 22.9 Å². The highest BCUT2D eigenvalue weighted by atomic mass is 35.5. The number of benzene rings is 1. The third kappa shape index (κ3) is 4.71. The van der Waals surface area contributed by atoms with Gasteiger partial charge in [0, 0.05) is 31.0 Å². The molecule has 0 atom stereocenters. The molecule has 0 aliphatic carbocycles. The standard InChI is InChI=1S/C23H26ClN5O2S/c1-15(2)10-12-28-22(31)21-18(11-13-32-21)29-19(26-27-23(28)29)8-5-9-20(30)25-14-16-6-3-4-7-17(16)24/h3-4,6-7,11,13,15H,5,8-10,12,14H2,1-2H3,(H,25,30). The molecule has 1 amide bonds. The van der Waals surface area contributed by atoms with E-state index in [1.807, 2.05) is 40.1 Å². The van der Waals surface area contributed by atoms with E-state index in [0.29, 0.717) is 53.8 Å². The van der Waals surface area contributed by atoms with Gasteiger partial charge in [0.25, 0.3) is 5.56 Å². The molecule has 4 aromatic rings. The van der Waals surface area contributed by atoms with Crippen molar-refractivity contribution in [2.75, 3.05) is 0 Å². The zero-order valence-electron chi connectivity index (χ0n) is 18.2. The van der Waals surface area contributed by atoms with Gasteiger partial charge in [-0.05, 0) is 41.8 Å². The third-order valence-corrected chi connectivity index (χ3v) is 6.71. The largest absolute Gasteiger partial charge is 0.352 e. The first kappa shape index (κ1) is 22.5. The fourth-order valence-corrected chi connectivity index (χ4v) is 4.69. The van der Waals surface area contributed by atoms with E-state index in [1.165, 1.54) is 11.3 Å². The molecule has 3 heterocycles. The maximum absolute atomic E-state index is 13.0. The molecule has 0 spiro atoms. The molecule has 4 rings (SSSR count). The van der Waals surface area contributed by atoms with Crippen LogP contribution in [0.2, 0.25) is 5.02 Å². The van der Waals surface area contributed by atoms with E-state index in [1.54, 1.807) is 4.57 Å². The molecule has 0 aliphatic heterocycles. The zero-order valence-corrected chi connectivity index (χ0v) is 19.7. The highest BCUT2D eigenvalue weighted by Gasteiger charge is 2.17. The van der Waals surface area contributed by atoms with E-state index < -0.39 is 0 Å². The number of fused-ring (bicyclic) bond motifs is 3. The van der Waals surface area contributed by atoms with Crippen LogP contribution in [0.15, 0.2) is 40.5 Å². The maximum atomic E-state index is 13.0. The van der Waals surface area contributed by atoms with Crippen LogP contribution in [-0.4, -0.2) is 25.1 Å². The van der Waals surface area contributed by atoms with Crippen molar-refractivity contribution in [1.29, 1.82) is 0 Å². The molecule has 1 N–H and O–H groups in total. The van der Waals surface area contributed by atoms with Crippen molar-refractivity contribution in [2.45, 2.75) is 52.6 Å². The van der Waals surface area contributed by atoms with E-state index in [0.717, 1.165) is 23.3 Å². The number of rotatable bonds is 9. The number of carbonyl (C=O) groups excluding carboxylic acids is 1. The molecule has 0 aliphatic rings. The van der Waals surface area contributed by atoms with Gasteiger partial charge in [0.15, 0.2) is 0 Å². The lowest BCUT2D eigenvalue weighted by atomic mass is 10.1. The minimum absolute atomic E-state index is 0.0129. The van der Waals surface area contributed by atoms with Crippen molar-refractivity contribution in [3.63, 3.8) is 0 Å². The summed E-state index contributed by atoms with van der Waals surface area (Å²) >= 11 is 7.58. The number of nitrogens with zero attached hydrogens (tertiary/aromatic N) is 4. The van der Waals surface area contributed by atoms with Gasteiger partial charge in [0.2, 0.25) is 11.7 Å². The van der Waals surface area contributed by atoms with Crippen molar-refractivity contribution < 1.29 is 4.79 Å². The molecule has 0 saturated carbocycles. The van der Waals surface area contributed by atoms with Crippen LogP contribution in [-0.2, 0) is 24.3 Å². The molecule has 1 aromatic carbocycles. The molecule has 0 bridgehead atoms. The molecule has 0 radical (unpaired) electrons. The van der Waals surface area contributed by atoms with Gasteiger partial charge in [-0.2, -0.15) is 0 Å². The summed E-state index contributed by atoms with van der Waals surface area (Å²) in [6.45, 7) is 5.29. The summed E-state index contributed by atoms with van der Waals surface area (Å²) < 4.78 is 4.40. The van der Waals surface area contributed by atoms with E-state index in [9.17, 15) is 9.59 Å². The molecule has 9 heteroatoms. The quantitative estimate of drug-likeness (QED) is 0.391. The highest BCUT2D eigenvalue weighted by molar-refractivity contribution is 7.17. The molecule has 32 heavy (non-hydrogen) atoms. The smallest absolute Gasteiger partial charge is 0.272 e. The van der Waals surface area contributed by atoms with Crippen LogP contribution < -0.4 is 10.9 Å². The van der Waals surface area contributed by atoms with Crippen LogP contribution in [0, 0.1) is 5.92 Å². The van der Waals surface area contributed by atoms with Gasteiger partial charge in [-0.3, -0.25) is 18.6 Å². The second kappa shape index (κ2) is 9.83. The molecular weight excluding hydrogens is 446 g/mol. The average Bonchev–Trinajstić information content (AvgIpc) is 3.40. The summed E-state index contributed by atoms with van der Waals surface area (Å²) in [5, 5.41) is 14.2. The Balaban J connectivity index is 1.47. The van der Waals surface area contributed by atoms with E-state index in [-0.39, 0.29) is 11.5 Å². The second-order valence-electron chi connectivity index (χ2n) is 8.25. The Hall–Kier alpha value is -2.71. The molecule has 168 valence electrons. The van der Waals surface area contributed by atoms with Gasteiger partial charge >= 0.3 is 0 Å². The normalized spacial score (nSPS) is 11.6. The predicted molar refractivity (Wildman–Crippen MR) is 128 cm³/mol. The Morgan fingerprint density at radius 2 is 2.03 bits per heavy atom. The summed E-state index contributed by atoms with van der Waals surface area (Å²) in [5.74, 6) is 1.78. The number of hydrogen-bond donors (Lipinski definition) is 1. The number of nitrogens with one attached hydrogen (secondary N) is 1. The van der Waals surface area contributed by atoms with Crippen LogP contribution in [0.5, 0.6) is 0 Å². The Morgan fingerprint density at radius 3 is 2.81 bits per heavy atom. The summed E-state index contributed by atoms with van der Waals surface area (Å²) in [5.41, 5.74) is 1.71. The topological polar surface area (TPSA) is 81.3 Å². The second-order valence-corrected chi connectivity index (χ2v) is 9.57. The summed E-state index contributed by atoms with van der Waals surface area (Å²) in [7, 11) is 0. The SMILES string of the molecule is CC(C)CCn1c(=O)c2sccc2n2c(CCCC(=O)NCc3ccccc3Cl)nnc12. The van der Waals surface area contributed by atoms with Crippen LogP contribution in [0.25, 0.3) is 16.0 Å². The van der Waals surface area contributed by atoms with Crippen molar-refractivity contribution >= 4 is 44.8 Å². The number of thiophene rings is 1. The van der Waals surface area contributed by atoms with Crippen molar-refractivity contribution in [2.24, 2.45) is 5.92 Å². The molecule has 0 fully saturated rings. The van der Waals surface area contributed by atoms with Crippen molar-refractivity contribution in [3.05, 3.63) is 62.5 Å². The number of amides is 1. The molecule has 3 aromatic heterocycles. The van der Waals surface area contributed by atoms with Gasteiger partial charge in [0.1, 0.15) is 10.5 Å². The first-order valence-electron chi connectivity index (χ1n) is 10.8. The summed E-state index contributed by atoms with van der Waals surface area (Å²) in [6, 6.07) is 9.41. The fraction of sp³-hybridized carbons (Fsp3) is 0.391. The summed E-state index contributed by atoms with van der Waals surface area (Å²) in [6.07, 6.45) is 2.49. The number of hydrogen-bond acceptors (Lipinski definition) is 5. The van der Waals surface area contributed by atoms with E-state index in [4.69, 9.17) is 11.6 Å².